The lowest BCUT2D eigenvalue weighted by atomic mass is 10.2. The number of benzene rings is 1. The molecule has 0 fully saturated rings. The number of pyridine rings is 1. The maximum atomic E-state index is 12.1. The lowest BCUT2D eigenvalue weighted by molar-refractivity contribution is 0.102. The summed E-state index contributed by atoms with van der Waals surface area (Å²) in [5.41, 5.74) is 7.10. The number of nitrogens with zero attached hydrogens (tertiary/aromatic N) is 1. The lowest BCUT2D eigenvalue weighted by Gasteiger charge is -2.08. The molecule has 0 bridgehead atoms. The summed E-state index contributed by atoms with van der Waals surface area (Å²) in [6, 6.07) is 6.63. The number of nitrogens with one attached hydrogen (secondary N) is 1. The second kappa shape index (κ2) is 5.90. The smallest absolute Gasteiger partial charge is 0.255 e. The van der Waals surface area contributed by atoms with Crippen LogP contribution in [-0.2, 0) is 0 Å². The maximum Gasteiger partial charge on any atom is 0.255 e. The number of anilines is 2. The molecule has 0 radical (unpaired) electrons. The number of amides is 1. The van der Waals surface area contributed by atoms with Crippen molar-refractivity contribution in [1.82, 2.24) is 4.98 Å². The van der Waals surface area contributed by atoms with Crippen molar-refractivity contribution in [3.63, 3.8) is 0 Å². The first kappa shape index (κ1) is 14.3. The van der Waals surface area contributed by atoms with Crippen LogP contribution in [0.25, 0.3) is 0 Å². The van der Waals surface area contributed by atoms with Gasteiger partial charge in [0.05, 0.1) is 5.69 Å². The predicted octanol–water partition coefficient (Wildman–Crippen LogP) is 4.09. The summed E-state index contributed by atoms with van der Waals surface area (Å²) in [7, 11) is 0. The summed E-state index contributed by atoms with van der Waals surface area (Å²) in [6.07, 6.45) is 1.55. The van der Waals surface area contributed by atoms with E-state index in [-0.39, 0.29) is 11.1 Å². The van der Waals surface area contributed by atoms with Gasteiger partial charge in [-0.15, -0.1) is 0 Å². The van der Waals surface area contributed by atoms with Crippen LogP contribution in [0.1, 0.15) is 10.4 Å². The highest BCUT2D eigenvalue weighted by atomic mass is 79.9. The van der Waals surface area contributed by atoms with Crippen molar-refractivity contribution in [2.75, 3.05) is 11.1 Å². The highest BCUT2D eigenvalue weighted by Gasteiger charge is 2.10. The summed E-state index contributed by atoms with van der Waals surface area (Å²) < 4.78 is 1.47. The van der Waals surface area contributed by atoms with Gasteiger partial charge in [0.1, 0.15) is 0 Å². The fourth-order valence-electron chi connectivity index (χ4n) is 1.39. The number of nitrogens with two attached hydrogens (primary N) is 1. The zero-order chi connectivity index (χ0) is 14.0. The Morgan fingerprint density at radius 1 is 1.32 bits per heavy atom. The number of carbonyl (C=O) groups excluding carboxylic acids is 1. The Kier molecular flexibility index (Phi) is 4.44. The first-order valence-electron chi connectivity index (χ1n) is 5.15. The molecule has 2 rings (SSSR count). The average molecular weight is 405 g/mol. The van der Waals surface area contributed by atoms with E-state index >= 15 is 0 Å². The maximum absolute atomic E-state index is 12.1. The van der Waals surface area contributed by atoms with Crippen molar-refractivity contribution < 1.29 is 4.79 Å². The standard InChI is InChI=1S/C12H8Br2ClN3O/c13-7-4-10(11(15)17-5-7)18-12(19)6-1-2-8(14)9(16)3-6/h1-5H,16H2,(H,18,19). The van der Waals surface area contributed by atoms with E-state index in [4.69, 9.17) is 17.3 Å². The predicted molar refractivity (Wildman–Crippen MR) is 83.5 cm³/mol. The third-order valence-electron chi connectivity index (χ3n) is 2.31. The molecule has 19 heavy (non-hydrogen) atoms. The molecular weight excluding hydrogens is 397 g/mol. The number of hydrogen-bond acceptors (Lipinski definition) is 3. The van der Waals surface area contributed by atoms with Crippen LogP contribution in [0.15, 0.2) is 39.4 Å². The highest BCUT2D eigenvalue weighted by Crippen LogP contribution is 2.25. The fourth-order valence-corrected chi connectivity index (χ4v) is 2.12. The van der Waals surface area contributed by atoms with Crippen LogP contribution >= 0.6 is 43.5 Å². The van der Waals surface area contributed by atoms with Gasteiger partial charge >= 0.3 is 0 Å². The van der Waals surface area contributed by atoms with E-state index in [2.05, 4.69) is 42.2 Å². The SMILES string of the molecule is Nc1cc(C(=O)Nc2cc(Br)cnc2Cl)ccc1Br. The van der Waals surface area contributed by atoms with Crippen LogP contribution in [-0.4, -0.2) is 10.9 Å². The van der Waals surface area contributed by atoms with Crippen molar-refractivity contribution in [3.8, 4) is 0 Å². The van der Waals surface area contributed by atoms with Gasteiger partial charge in [0, 0.05) is 26.4 Å². The minimum atomic E-state index is -0.305. The van der Waals surface area contributed by atoms with E-state index in [1.807, 2.05) is 0 Å². The minimum absolute atomic E-state index is 0.224. The number of carbonyl (C=O) groups is 1. The highest BCUT2D eigenvalue weighted by molar-refractivity contribution is 9.10. The topological polar surface area (TPSA) is 68.0 Å². The largest absolute Gasteiger partial charge is 0.398 e. The molecule has 0 atom stereocenters. The van der Waals surface area contributed by atoms with Gasteiger partial charge in [-0.05, 0) is 56.1 Å². The van der Waals surface area contributed by atoms with Crippen LogP contribution < -0.4 is 11.1 Å². The van der Waals surface area contributed by atoms with Crippen LogP contribution in [0.4, 0.5) is 11.4 Å². The molecule has 1 amide bonds. The van der Waals surface area contributed by atoms with Gasteiger partial charge in [-0.1, -0.05) is 11.6 Å². The molecule has 0 spiro atoms. The van der Waals surface area contributed by atoms with Crippen molar-refractivity contribution in [2.45, 2.75) is 0 Å². The van der Waals surface area contributed by atoms with Crippen LogP contribution in [0.3, 0.4) is 0 Å². The van der Waals surface area contributed by atoms with Gasteiger partial charge < -0.3 is 11.1 Å². The van der Waals surface area contributed by atoms with Crippen molar-refractivity contribution in [1.29, 1.82) is 0 Å². The minimum Gasteiger partial charge on any atom is -0.398 e. The summed E-state index contributed by atoms with van der Waals surface area (Å²) in [5, 5.41) is 2.90. The van der Waals surface area contributed by atoms with E-state index in [1.165, 1.54) is 0 Å². The zero-order valence-corrected chi connectivity index (χ0v) is 13.4. The Morgan fingerprint density at radius 3 is 2.74 bits per heavy atom. The van der Waals surface area contributed by atoms with Gasteiger partial charge in [-0.3, -0.25) is 4.79 Å². The summed E-state index contributed by atoms with van der Waals surface area (Å²) in [6.45, 7) is 0. The van der Waals surface area contributed by atoms with E-state index in [0.717, 1.165) is 8.95 Å². The molecule has 0 saturated heterocycles. The molecule has 0 saturated carbocycles. The van der Waals surface area contributed by atoms with E-state index < -0.39 is 0 Å². The number of halogens is 3. The summed E-state index contributed by atoms with van der Waals surface area (Å²) in [5.74, 6) is -0.305. The van der Waals surface area contributed by atoms with Gasteiger partial charge in [0.2, 0.25) is 0 Å². The molecule has 1 heterocycles. The Hall–Kier alpha value is -1.11. The van der Waals surface area contributed by atoms with E-state index in [1.54, 1.807) is 30.5 Å². The van der Waals surface area contributed by atoms with Gasteiger partial charge in [0.15, 0.2) is 5.15 Å². The molecule has 3 N–H and O–H groups in total. The Bertz CT molecular complexity index is 649. The van der Waals surface area contributed by atoms with E-state index in [0.29, 0.717) is 16.9 Å². The first-order chi connectivity index (χ1) is 8.97. The van der Waals surface area contributed by atoms with Crippen molar-refractivity contribution in [2.24, 2.45) is 0 Å². The van der Waals surface area contributed by atoms with Crippen LogP contribution in [0, 0.1) is 0 Å². The monoisotopic (exact) mass is 403 g/mol. The lowest BCUT2D eigenvalue weighted by Crippen LogP contribution is -2.13. The Morgan fingerprint density at radius 2 is 2.05 bits per heavy atom. The normalized spacial score (nSPS) is 10.3. The molecule has 0 aliphatic rings. The summed E-state index contributed by atoms with van der Waals surface area (Å²) >= 11 is 12.4. The van der Waals surface area contributed by atoms with Crippen molar-refractivity contribution >= 4 is 60.7 Å². The molecule has 7 heteroatoms. The molecule has 1 aromatic heterocycles. The van der Waals surface area contributed by atoms with Gasteiger partial charge in [0.25, 0.3) is 5.91 Å². The molecule has 98 valence electrons. The zero-order valence-electron chi connectivity index (χ0n) is 9.45. The third-order valence-corrected chi connectivity index (χ3v) is 3.77. The molecule has 0 unspecified atom stereocenters. The summed E-state index contributed by atoms with van der Waals surface area (Å²) in [4.78, 5) is 16.0. The fraction of sp³-hybridized carbons (Fsp3) is 0. The number of rotatable bonds is 2. The second-order valence-corrected chi connectivity index (χ2v) is 5.81. The number of hydrogen-bond donors (Lipinski definition) is 2. The molecule has 0 aliphatic carbocycles. The first-order valence-corrected chi connectivity index (χ1v) is 7.11. The third kappa shape index (κ3) is 3.46. The quantitative estimate of drug-likeness (QED) is 0.584. The average Bonchev–Trinajstić information content (AvgIpc) is 2.37. The Balaban J connectivity index is 2.25. The number of aromatic nitrogens is 1. The molecule has 4 nitrogen and oxygen atoms in total. The van der Waals surface area contributed by atoms with Crippen LogP contribution in [0.5, 0.6) is 0 Å². The molecule has 0 aliphatic heterocycles. The molecule has 1 aromatic carbocycles. The van der Waals surface area contributed by atoms with Crippen molar-refractivity contribution in [3.05, 3.63) is 50.1 Å². The van der Waals surface area contributed by atoms with Gasteiger partial charge in [-0.2, -0.15) is 0 Å². The molecular formula is C12H8Br2ClN3O. The molecule has 2 aromatic rings. The van der Waals surface area contributed by atoms with Crippen LogP contribution in [0.2, 0.25) is 5.15 Å². The second-order valence-electron chi connectivity index (χ2n) is 3.68. The number of nitrogen functional groups attached to an aromatic ring is 1. The van der Waals surface area contributed by atoms with E-state index in [9.17, 15) is 4.79 Å². The van der Waals surface area contributed by atoms with Gasteiger partial charge in [-0.25, -0.2) is 4.98 Å². The Labute approximate surface area is 131 Å².